The van der Waals surface area contributed by atoms with Gasteiger partial charge in [0, 0.05) is 6.54 Å². The van der Waals surface area contributed by atoms with Gasteiger partial charge in [0.15, 0.2) is 0 Å². The molecular weight excluding hydrogens is 259 g/mol. The summed E-state index contributed by atoms with van der Waals surface area (Å²) in [5.74, 6) is -0.173. The maximum atomic E-state index is 13.0. The molecule has 3 rings (SSSR count). The fourth-order valence-corrected chi connectivity index (χ4v) is 2.65. The number of H-pyrrole nitrogens is 1. The van der Waals surface area contributed by atoms with Gasteiger partial charge in [-0.05, 0) is 37.0 Å². The first-order chi connectivity index (χ1) is 9.75. The summed E-state index contributed by atoms with van der Waals surface area (Å²) in [4.78, 5) is 18.1. The Kier molecular flexibility index (Phi) is 3.45. The van der Waals surface area contributed by atoms with Gasteiger partial charge in [-0.15, -0.1) is 0 Å². The standard InChI is InChI=1S/C14H15FN4O/c15-11-6-4-10(5-7-11)12-3-1-2-8-19(12)14(20)13-16-9-17-18-13/h4-7,9,12H,1-3,8H2,(H,16,17,18)/t12-/m0/s1. The largest absolute Gasteiger partial charge is 0.329 e. The molecule has 5 nitrogen and oxygen atoms in total. The molecule has 2 heterocycles. The fraction of sp³-hybridized carbons (Fsp3) is 0.357. The van der Waals surface area contributed by atoms with E-state index in [2.05, 4.69) is 15.2 Å². The summed E-state index contributed by atoms with van der Waals surface area (Å²) in [5.41, 5.74) is 0.957. The molecule has 1 saturated heterocycles. The summed E-state index contributed by atoms with van der Waals surface area (Å²) in [5, 5.41) is 6.32. The van der Waals surface area contributed by atoms with Gasteiger partial charge in [0.1, 0.15) is 12.1 Å². The number of aromatic nitrogens is 3. The van der Waals surface area contributed by atoms with Crippen molar-refractivity contribution >= 4 is 5.91 Å². The zero-order chi connectivity index (χ0) is 13.9. The van der Waals surface area contributed by atoms with E-state index in [-0.39, 0.29) is 23.6 Å². The van der Waals surface area contributed by atoms with E-state index in [1.807, 2.05) is 0 Å². The molecule has 104 valence electrons. The highest BCUT2D eigenvalue weighted by Crippen LogP contribution is 2.31. The number of nitrogens with one attached hydrogen (secondary N) is 1. The molecule has 1 N–H and O–H groups in total. The minimum Gasteiger partial charge on any atom is -0.329 e. The number of benzene rings is 1. The minimum atomic E-state index is -0.266. The monoisotopic (exact) mass is 274 g/mol. The summed E-state index contributed by atoms with van der Waals surface area (Å²) in [6.07, 6.45) is 4.23. The topological polar surface area (TPSA) is 61.9 Å². The van der Waals surface area contributed by atoms with E-state index in [9.17, 15) is 9.18 Å². The normalized spacial score (nSPS) is 19.1. The number of hydrogen-bond donors (Lipinski definition) is 1. The molecule has 0 radical (unpaired) electrons. The molecule has 2 aromatic rings. The van der Waals surface area contributed by atoms with Crippen LogP contribution in [-0.4, -0.2) is 32.5 Å². The molecule has 0 unspecified atom stereocenters. The number of piperidine rings is 1. The van der Waals surface area contributed by atoms with Crippen LogP contribution >= 0.6 is 0 Å². The van der Waals surface area contributed by atoms with Crippen LogP contribution in [0.2, 0.25) is 0 Å². The Morgan fingerprint density at radius 3 is 2.80 bits per heavy atom. The lowest BCUT2D eigenvalue weighted by atomic mass is 9.95. The molecule has 6 heteroatoms. The first-order valence-corrected chi connectivity index (χ1v) is 6.67. The Morgan fingerprint density at radius 2 is 2.10 bits per heavy atom. The third kappa shape index (κ3) is 2.41. The van der Waals surface area contributed by atoms with Gasteiger partial charge in [-0.3, -0.25) is 9.89 Å². The van der Waals surface area contributed by atoms with Gasteiger partial charge in [-0.1, -0.05) is 12.1 Å². The highest BCUT2D eigenvalue weighted by atomic mass is 19.1. The van der Waals surface area contributed by atoms with E-state index in [0.29, 0.717) is 6.54 Å². The minimum absolute atomic E-state index is 0.0260. The SMILES string of the molecule is O=C(c1ncn[nH]1)N1CCCC[C@H]1c1ccc(F)cc1. The average Bonchev–Trinajstić information content (AvgIpc) is 3.02. The number of carbonyl (C=O) groups is 1. The van der Waals surface area contributed by atoms with E-state index in [1.165, 1.54) is 18.5 Å². The van der Waals surface area contributed by atoms with Crippen molar-refractivity contribution in [2.75, 3.05) is 6.54 Å². The molecule has 0 spiro atoms. The maximum Gasteiger partial charge on any atom is 0.291 e. The van der Waals surface area contributed by atoms with Crippen molar-refractivity contribution in [1.82, 2.24) is 20.1 Å². The summed E-state index contributed by atoms with van der Waals surface area (Å²) < 4.78 is 13.0. The van der Waals surface area contributed by atoms with E-state index < -0.39 is 0 Å². The molecule has 1 aromatic heterocycles. The van der Waals surface area contributed by atoms with E-state index in [4.69, 9.17) is 0 Å². The van der Waals surface area contributed by atoms with Crippen molar-refractivity contribution in [3.8, 4) is 0 Å². The smallest absolute Gasteiger partial charge is 0.291 e. The molecule has 1 aromatic carbocycles. The van der Waals surface area contributed by atoms with Gasteiger partial charge >= 0.3 is 0 Å². The second-order valence-corrected chi connectivity index (χ2v) is 4.90. The van der Waals surface area contributed by atoms with Crippen LogP contribution in [0.15, 0.2) is 30.6 Å². The van der Waals surface area contributed by atoms with Crippen molar-refractivity contribution in [3.05, 3.63) is 47.8 Å². The van der Waals surface area contributed by atoms with Crippen molar-refractivity contribution < 1.29 is 9.18 Å². The Labute approximate surface area is 115 Å². The number of rotatable bonds is 2. The zero-order valence-electron chi connectivity index (χ0n) is 10.9. The summed E-state index contributed by atoms with van der Waals surface area (Å²) in [6.45, 7) is 0.682. The van der Waals surface area contributed by atoms with Crippen molar-refractivity contribution in [1.29, 1.82) is 0 Å². The van der Waals surface area contributed by atoms with Crippen LogP contribution < -0.4 is 0 Å². The number of aromatic amines is 1. The second-order valence-electron chi connectivity index (χ2n) is 4.90. The van der Waals surface area contributed by atoms with Crippen molar-refractivity contribution in [3.63, 3.8) is 0 Å². The van der Waals surface area contributed by atoms with Crippen LogP contribution in [0.1, 0.15) is 41.5 Å². The molecule has 0 aliphatic carbocycles. The zero-order valence-corrected chi connectivity index (χ0v) is 10.9. The summed E-state index contributed by atoms with van der Waals surface area (Å²) in [7, 11) is 0. The highest BCUT2D eigenvalue weighted by Gasteiger charge is 2.29. The highest BCUT2D eigenvalue weighted by molar-refractivity contribution is 5.90. The Morgan fingerprint density at radius 1 is 1.30 bits per heavy atom. The molecule has 0 bridgehead atoms. The third-order valence-corrected chi connectivity index (χ3v) is 3.64. The second kappa shape index (κ2) is 5.40. The van der Waals surface area contributed by atoms with Crippen molar-refractivity contribution in [2.45, 2.75) is 25.3 Å². The lowest BCUT2D eigenvalue weighted by Crippen LogP contribution is -2.39. The number of hydrogen-bond acceptors (Lipinski definition) is 3. The summed E-state index contributed by atoms with van der Waals surface area (Å²) >= 11 is 0. The van der Waals surface area contributed by atoms with Crippen LogP contribution in [0.3, 0.4) is 0 Å². The molecule has 1 aliphatic heterocycles. The number of carbonyl (C=O) groups excluding carboxylic acids is 1. The predicted molar refractivity (Wildman–Crippen MR) is 70.4 cm³/mol. The Balaban J connectivity index is 1.87. The van der Waals surface area contributed by atoms with E-state index in [0.717, 1.165) is 24.8 Å². The Hall–Kier alpha value is -2.24. The third-order valence-electron chi connectivity index (χ3n) is 3.64. The lowest BCUT2D eigenvalue weighted by Gasteiger charge is -2.35. The number of nitrogens with zero attached hydrogens (tertiary/aromatic N) is 3. The van der Waals surface area contributed by atoms with Gasteiger partial charge in [-0.25, -0.2) is 9.37 Å². The van der Waals surface area contributed by atoms with Gasteiger partial charge < -0.3 is 4.90 Å². The van der Waals surface area contributed by atoms with Crippen molar-refractivity contribution in [2.24, 2.45) is 0 Å². The van der Waals surface area contributed by atoms with E-state index in [1.54, 1.807) is 17.0 Å². The Bertz CT molecular complexity index is 582. The maximum absolute atomic E-state index is 13.0. The number of halogens is 1. The fourth-order valence-electron chi connectivity index (χ4n) is 2.65. The lowest BCUT2D eigenvalue weighted by molar-refractivity contribution is 0.0599. The molecule has 1 atom stereocenters. The van der Waals surface area contributed by atoms with Crippen LogP contribution in [0, 0.1) is 5.82 Å². The van der Waals surface area contributed by atoms with E-state index >= 15 is 0 Å². The van der Waals surface area contributed by atoms with Gasteiger partial charge in [-0.2, -0.15) is 5.10 Å². The van der Waals surface area contributed by atoms with Crippen LogP contribution in [0.25, 0.3) is 0 Å². The first-order valence-electron chi connectivity index (χ1n) is 6.67. The predicted octanol–water partition coefficient (Wildman–Crippen LogP) is 2.31. The molecular formula is C14H15FN4O. The van der Waals surface area contributed by atoms with Gasteiger partial charge in [0.05, 0.1) is 6.04 Å². The quantitative estimate of drug-likeness (QED) is 0.914. The van der Waals surface area contributed by atoms with Crippen LogP contribution in [0.4, 0.5) is 4.39 Å². The van der Waals surface area contributed by atoms with Crippen LogP contribution in [0.5, 0.6) is 0 Å². The summed E-state index contributed by atoms with van der Waals surface area (Å²) in [6, 6.07) is 6.32. The van der Waals surface area contributed by atoms with Crippen LogP contribution in [-0.2, 0) is 0 Å². The number of likely N-dealkylation sites (tertiary alicyclic amines) is 1. The average molecular weight is 274 g/mol. The molecule has 0 saturated carbocycles. The number of amides is 1. The molecule has 1 aliphatic rings. The van der Waals surface area contributed by atoms with Gasteiger partial charge in [0.2, 0.25) is 5.82 Å². The molecule has 20 heavy (non-hydrogen) atoms. The molecule has 1 amide bonds. The van der Waals surface area contributed by atoms with Gasteiger partial charge in [0.25, 0.3) is 5.91 Å². The molecule has 1 fully saturated rings. The first kappa shape index (κ1) is 12.8.